The van der Waals surface area contributed by atoms with Crippen LogP contribution in [0.5, 0.6) is 0 Å². The Morgan fingerprint density at radius 2 is 1.87 bits per heavy atom. The number of ketones is 1. The smallest absolute Gasteiger partial charge is 0.252 e. The van der Waals surface area contributed by atoms with Gasteiger partial charge >= 0.3 is 0 Å². The maximum Gasteiger partial charge on any atom is 0.252 e. The molecule has 0 radical (unpaired) electrons. The lowest BCUT2D eigenvalue weighted by Gasteiger charge is -2.25. The molecule has 1 N–H and O–H groups in total. The first kappa shape index (κ1) is 21.0. The van der Waals surface area contributed by atoms with E-state index in [1.807, 2.05) is 51.1 Å². The van der Waals surface area contributed by atoms with E-state index >= 15 is 0 Å². The molecule has 0 saturated carbocycles. The summed E-state index contributed by atoms with van der Waals surface area (Å²) in [6, 6.07) is 11.3. The molecule has 31 heavy (non-hydrogen) atoms. The number of nitrogens with zero attached hydrogens (tertiary/aromatic N) is 2. The number of hydrogen-bond acceptors (Lipinski definition) is 4. The molecule has 1 saturated heterocycles. The summed E-state index contributed by atoms with van der Waals surface area (Å²) in [5.74, 6) is -0.569. The maximum atomic E-state index is 13.0. The summed E-state index contributed by atoms with van der Waals surface area (Å²) in [6.07, 6.45) is 3.13. The van der Waals surface area contributed by atoms with Crippen molar-refractivity contribution in [2.24, 2.45) is 5.92 Å². The molecular weight excluding hydrogens is 390 g/mol. The standard InChI is InChI=1S/C25H27N3O3/c1-15(2)24(30)21-9-6-12-28(21)22(29)14-27-25(31)19-10-11-26-23-18-8-5-4-7-17(18)16(3)13-20(19)23/h4-5,7-8,10-11,13,15,21H,6,9,12,14H2,1-3H3,(H,27,31). The molecule has 2 amide bonds. The number of hydrogen-bond donors (Lipinski definition) is 1. The number of Topliss-reactive ketones (excluding diaryl/α,β-unsaturated/α-hetero) is 1. The molecule has 4 rings (SSSR count). The van der Waals surface area contributed by atoms with Crippen LogP contribution in [0.1, 0.15) is 42.6 Å². The van der Waals surface area contributed by atoms with E-state index in [0.717, 1.165) is 33.7 Å². The average molecular weight is 418 g/mol. The van der Waals surface area contributed by atoms with E-state index in [-0.39, 0.29) is 36.1 Å². The van der Waals surface area contributed by atoms with Crippen LogP contribution in [0.2, 0.25) is 0 Å². The average Bonchev–Trinajstić information content (AvgIpc) is 3.26. The van der Waals surface area contributed by atoms with Gasteiger partial charge in [0.05, 0.1) is 23.7 Å². The fraction of sp³-hybridized carbons (Fsp3) is 0.360. The second-order valence-corrected chi connectivity index (χ2v) is 8.48. The van der Waals surface area contributed by atoms with Crippen molar-refractivity contribution in [3.63, 3.8) is 0 Å². The third-order valence-corrected chi connectivity index (χ3v) is 6.07. The van der Waals surface area contributed by atoms with Crippen molar-refractivity contribution in [2.75, 3.05) is 13.1 Å². The molecule has 1 aromatic heterocycles. The van der Waals surface area contributed by atoms with Gasteiger partial charge in [-0.1, -0.05) is 38.1 Å². The monoisotopic (exact) mass is 417 g/mol. The highest BCUT2D eigenvalue weighted by atomic mass is 16.2. The van der Waals surface area contributed by atoms with E-state index in [0.29, 0.717) is 18.5 Å². The van der Waals surface area contributed by atoms with Gasteiger partial charge in [-0.15, -0.1) is 0 Å². The number of pyridine rings is 1. The minimum absolute atomic E-state index is 0.0830. The first-order valence-electron chi connectivity index (χ1n) is 10.8. The number of likely N-dealkylation sites (tertiary alicyclic amines) is 1. The van der Waals surface area contributed by atoms with Gasteiger partial charge in [0, 0.05) is 29.4 Å². The Kier molecular flexibility index (Phi) is 5.72. The number of fused-ring (bicyclic) bond motifs is 3. The summed E-state index contributed by atoms with van der Waals surface area (Å²) in [7, 11) is 0. The minimum Gasteiger partial charge on any atom is -0.343 e. The fourth-order valence-electron chi connectivity index (χ4n) is 4.46. The second-order valence-electron chi connectivity index (χ2n) is 8.48. The van der Waals surface area contributed by atoms with Gasteiger partial charge in [0.1, 0.15) is 0 Å². The zero-order chi connectivity index (χ0) is 22.1. The minimum atomic E-state index is -0.375. The normalized spacial score (nSPS) is 16.3. The Morgan fingerprint density at radius 1 is 1.13 bits per heavy atom. The van der Waals surface area contributed by atoms with Gasteiger partial charge in [0.15, 0.2) is 5.78 Å². The van der Waals surface area contributed by atoms with Crippen LogP contribution >= 0.6 is 0 Å². The highest BCUT2D eigenvalue weighted by Gasteiger charge is 2.34. The molecule has 1 aliphatic heterocycles. The molecule has 0 spiro atoms. The van der Waals surface area contributed by atoms with Crippen LogP contribution in [-0.2, 0) is 9.59 Å². The third-order valence-electron chi connectivity index (χ3n) is 6.07. The number of amides is 2. The lowest BCUT2D eigenvalue weighted by atomic mass is 9.98. The summed E-state index contributed by atoms with van der Waals surface area (Å²) in [5.41, 5.74) is 2.32. The summed E-state index contributed by atoms with van der Waals surface area (Å²) >= 11 is 0. The van der Waals surface area contributed by atoms with Gasteiger partial charge in [-0.3, -0.25) is 19.4 Å². The van der Waals surface area contributed by atoms with Gasteiger partial charge in [-0.25, -0.2) is 0 Å². The number of aromatic nitrogens is 1. The largest absolute Gasteiger partial charge is 0.343 e. The molecule has 1 fully saturated rings. The Morgan fingerprint density at radius 3 is 2.61 bits per heavy atom. The lowest BCUT2D eigenvalue weighted by molar-refractivity contribution is -0.138. The van der Waals surface area contributed by atoms with E-state index in [9.17, 15) is 14.4 Å². The van der Waals surface area contributed by atoms with Gasteiger partial charge in [-0.05, 0) is 42.8 Å². The van der Waals surface area contributed by atoms with Crippen LogP contribution in [0, 0.1) is 12.8 Å². The Bertz CT molecular complexity index is 1190. The van der Waals surface area contributed by atoms with Crippen LogP contribution < -0.4 is 5.32 Å². The van der Waals surface area contributed by atoms with Crippen molar-refractivity contribution in [3.8, 4) is 0 Å². The summed E-state index contributed by atoms with van der Waals surface area (Å²) in [5, 5.41) is 5.61. The Balaban J connectivity index is 1.55. The molecule has 0 bridgehead atoms. The first-order chi connectivity index (χ1) is 14.9. The van der Waals surface area contributed by atoms with Crippen LogP contribution in [-0.4, -0.2) is 46.6 Å². The van der Waals surface area contributed by atoms with Crippen LogP contribution in [0.4, 0.5) is 0 Å². The highest BCUT2D eigenvalue weighted by molar-refractivity contribution is 6.14. The van der Waals surface area contributed by atoms with Gasteiger partial charge in [0.2, 0.25) is 5.91 Å². The maximum absolute atomic E-state index is 13.0. The Labute approximate surface area is 181 Å². The van der Waals surface area contributed by atoms with Crippen molar-refractivity contribution < 1.29 is 14.4 Å². The summed E-state index contributed by atoms with van der Waals surface area (Å²) in [4.78, 5) is 44.3. The summed E-state index contributed by atoms with van der Waals surface area (Å²) in [6.45, 7) is 6.15. The highest BCUT2D eigenvalue weighted by Crippen LogP contribution is 2.29. The molecular formula is C25H27N3O3. The molecule has 1 atom stereocenters. The molecule has 2 heterocycles. The molecule has 1 unspecified atom stereocenters. The number of nitrogens with one attached hydrogen (secondary N) is 1. The molecule has 2 aromatic carbocycles. The SMILES string of the molecule is Cc1cc2c(C(=O)NCC(=O)N3CCCC3C(=O)C(C)C)ccnc2c2ccccc12. The number of aryl methyl sites for hydroxylation is 1. The number of rotatable bonds is 5. The third kappa shape index (κ3) is 3.90. The van der Waals surface area contributed by atoms with E-state index < -0.39 is 0 Å². The van der Waals surface area contributed by atoms with Gasteiger partial charge in [0.25, 0.3) is 5.91 Å². The van der Waals surface area contributed by atoms with E-state index in [1.54, 1.807) is 17.2 Å². The van der Waals surface area contributed by atoms with Crippen LogP contribution in [0.25, 0.3) is 21.7 Å². The first-order valence-corrected chi connectivity index (χ1v) is 10.8. The zero-order valence-electron chi connectivity index (χ0n) is 18.1. The van der Waals surface area contributed by atoms with Crippen molar-refractivity contribution >= 4 is 39.3 Å². The van der Waals surface area contributed by atoms with Crippen molar-refractivity contribution in [1.29, 1.82) is 0 Å². The summed E-state index contributed by atoms with van der Waals surface area (Å²) < 4.78 is 0. The molecule has 3 aromatic rings. The second kappa shape index (κ2) is 8.46. The van der Waals surface area contributed by atoms with Crippen molar-refractivity contribution in [2.45, 2.75) is 39.7 Å². The Hall–Kier alpha value is -3.28. The number of carbonyl (C=O) groups is 3. The van der Waals surface area contributed by atoms with Crippen molar-refractivity contribution in [3.05, 3.63) is 53.7 Å². The molecule has 160 valence electrons. The fourth-order valence-corrected chi connectivity index (χ4v) is 4.46. The van der Waals surface area contributed by atoms with Gasteiger partial charge < -0.3 is 10.2 Å². The van der Waals surface area contributed by atoms with Crippen LogP contribution in [0.3, 0.4) is 0 Å². The predicted octanol–water partition coefficient (Wildman–Crippen LogP) is 3.64. The van der Waals surface area contributed by atoms with E-state index in [1.165, 1.54) is 0 Å². The molecule has 0 aliphatic carbocycles. The predicted molar refractivity (Wildman–Crippen MR) is 121 cm³/mol. The lowest BCUT2D eigenvalue weighted by Crippen LogP contribution is -2.46. The van der Waals surface area contributed by atoms with Crippen molar-refractivity contribution in [1.82, 2.24) is 15.2 Å². The topological polar surface area (TPSA) is 79.4 Å². The molecule has 6 heteroatoms. The number of benzene rings is 2. The number of carbonyl (C=O) groups excluding carboxylic acids is 3. The molecule has 1 aliphatic rings. The molecule has 6 nitrogen and oxygen atoms in total. The zero-order valence-corrected chi connectivity index (χ0v) is 18.1. The quantitative estimate of drug-likeness (QED) is 0.643. The van der Waals surface area contributed by atoms with E-state index in [4.69, 9.17) is 0 Å². The van der Waals surface area contributed by atoms with E-state index in [2.05, 4.69) is 10.3 Å². The van der Waals surface area contributed by atoms with Gasteiger partial charge in [-0.2, -0.15) is 0 Å². The van der Waals surface area contributed by atoms with Crippen LogP contribution in [0.15, 0.2) is 42.6 Å².